The Bertz CT molecular complexity index is 1010. The SMILES string of the molecule is COc1ccc(Cl)c(C(=O)C(=O)NC(=O)c2ncn(C3CC3C(F)(F)F)c2Cl)c1. The second-order valence-corrected chi connectivity index (χ2v) is 6.97. The zero-order valence-electron chi connectivity index (χ0n) is 14.6. The van der Waals surface area contributed by atoms with Gasteiger partial charge in [-0.3, -0.25) is 19.7 Å². The molecule has 1 aliphatic carbocycles. The Hall–Kier alpha value is -2.59. The Morgan fingerprint density at radius 2 is 1.97 bits per heavy atom. The van der Waals surface area contributed by atoms with Crippen LogP contribution < -0.4 is 10.1 Å². The maximum atomic E-state index is 12.7. The third-order valence-electron chi connectivity index (χ3n) is 4.33. The van der Waals surface area contributed by atoms with Crippen LogP contribution in [-0.2, 0) is 4.79 Å². The zero-order chi connectivity index (χ0) is 21.5. The molecule has 1 N–H and O–H groups in total. The lowest BCUT2D eigenvalue weighted by atomic mass is 10.1. The lowest BCUT2D eigenvalue weighted by molar-refractivity contribution is -0.150. The summed E-state index contributed by atoms with van der Waals surface area (Å²) >= 11 is 11.8. The number of hydrogen-bond donors (Lipinski definition) is 1. The first-order valence-corrected chi connectivity index (χ1v) is 8.82. The third-order valence-corrected chi connectivity index (χ3v) is 5.04. The molecule has 0 saturated heterocycles. The number of carbonyl (C=O) groups excluding carboxylic acids is 3. The molecule has 0 spiro atoms. The second kappa shape index (κ2) is 7.68. The van der Waals surface area contributed by atoms with E-state index in [1.165, 1.54) is 25.3 Å². The van der Waals surface area contributed by atoms with E-state index in [-0.39, 0.29) is 27.9 Å². The predicted molar refractivity (Wildman–Crippen MR) is 95.2 cm³/mol. The molecule has 3 rings (SSSR count). The molecule has 0 radical (unpaired) electrons. The average Bonchev–Trinajstić information content (AvgIpc) is 3.37. The summed E-state index contributed by atoms with van der Waals surface area (Å²) in [4.78, 5) is 40.3. The number of nitrogens with one attached hydrogen (secondary N) is 1. The van der Waals surface area contributed by atoms with E-state index in [4.69, 9.17) is 27.9 Å². The van der Waals surface area contributed by atoms with Gasteiger partial charge >= 0.3 is 6.18 Å². The number of ether oxygens (including phenoxy) is 1. The molecule has 1 heterocycles. The Labute approximate surface area is 171 Å². The van der Waals surface area contributed by atoms with Crippen molar-refractivity contribution < 1.29 is 32.3 Å². The van der Waals surface area contributed by atoms with Gasteiger partial charge in [0.15, 0.2) is 5.69 Å². The number of benzene rings is 1. The summed E-state index contributed by atoms with van der Waals surface area (Å²) < 4.78 is 44.1. The Morgan fingerprint density at radius 1 is 1.28 bits per heavy atom. The fourth-order valence-corrected chi connectivity index (χ4v) is 3.22. The lowest BCUT2D eigenvalue weighted by Crippen LogP contribution is -2.36. The third kappa shape index (κ3) is 4.23. The largest absolute Gasteiger partial charge is 0.497 e. The number of methoxy groups -OCH3 is 1. The molecule has 1 saturated carbocycles. The van der Waals surface area contributed by atoms with E-state index in [9.17, 15) is 27.6 Å². The predicted octanol–water partition coefficient (Wildman–Crippen LogP) is 3.46. The number of rotatable bonds is 5. The van der Waals surface area contributed by atoms with E-state index in [2.05, 4.69) is 4.98 Å². The van der Waals surface area contributed by atoms with Crippen molar-refractivity contribution in [2.45, 2.75) is 18.6 Å². The lowest BCUT2D eigenvalue weighted by Gasteiger charge is -2.07. The fourth-order valence-electron chi connectivity index (χ4n) is 2.72. The number of carbonyl (C=O) groups is 3. The molecule has 154 valence electrons. The van der Waals surface area contributed by atoms with Gasteiger partial charge < -0.3 is 9.30 Å². The van der Waals surface area contributed by atoms with Crippen LogP contribution in [0.2, 0.25) is 10.2 Å². The first kappa shape index (κ1) is 21.1. The number of imidazole rings is 1. The van der Waals surface area contributed by atoms with Crippen LogP contribution in [0.5, 0.6) is 5.75 Å². The highest BCUT2D eigenvalue weighted by atomic mass is 35.5. The molecular formula is C17H12Cl2F3N3O4. The summed E-state index contributed by atoms with van der Waals surface area (Å²) in [6.07, 6.45) is -3.59. The van der Waals surface area contributed by atoms with Gasteiger partial charge in [0, 0.05) is 6.04 Å². The highest BCUT2D eigenvalue weighted by molar-refractivity contribution is 6.49. The molecule has 1 aromatic heterocycles. The summed E-state index contributed by atoms with van der Waals surface area (Å²) in [6, 6.07) is 3.07. The summed E-state index contributed by atoms with van der Waals surface area (Å²) in [5.74, 6) is -4.87. The molecule has 2 aromatic rings. The summed E-state index contributed by atoms with van der Waals surface area (Å²) in [5.41, 5.74) is -0.670. The molecule has 2 unspecified atom stereocenters. The quantitative estimate of drug-likeness (QED) is 0.557. The number of halogens is 5. The van der Waals surface area contributed by atoms with E-state index >= 15 is 0 Å². The van der Waals surface area contributed by atoms with E-state index in [1.807, 2.05) is 0 Å². The van der Waals surface area contributed by atoms with Crippen molar-refractivity contribution >= 4 is 40.8 Å². The molecule has 1 aliphatic rings. The van der Waals surface area contributed by atoms with Gasteiger partial charge in [0.2, 0.25) is 0 Å². The minimum atomic E-state index is -4.39. The highest BCUT2D eigenvalue weighted by Crippen LogP contribution is 2.54. The van der Waals surface area contributed by atoms with Crippen molar-refractivity contribution in [2.24, 2.45) is 5.92 Å². The van der Waals surface area contributed by atoms with E-state index in [1.54, 1.807) is 5.32 Å². The molecule has 7 nitrogen and oxygen atoms in total. The Balaban J connectivity index is 1.73. The number of amides is 2. The van der Waals surface area contributed by atoms with Crippen LogP contribution in [-0.4, -0.2) is 40.4 Å². The van der Waals surface area contributed by atoms with Crippen LogP contribution >= 0.6 is 23.2 Å². The first-order chi connectivity index (χ1) is 13.5. The van der Waals surface area contributed by atoms with Crippen LogP contribution in [0.15, 0.2) is 24.5 Å². The second-order valence-electron chi connectivity index (χ2n) is 6.20. The van der Waals surface area contributed by atoms with Crippen LogP contribution in [0.1, 0.15) is 33.3 Å². The van der Waals surface area contributed by atoms with Gasteiger partial charge in [0.25, 0.3) is 17.6 Å². The molecule has 1 fully saturated rings. The van der Waals surface area contributed by atoms with Crippen molar-refractivity contribution in [3.05, 3.63) is 46.0 Å². The molecule has 29 heavy (non-hydrogen) atoms. The topological polar surface area (TPSA) is 90.3 Å². The number of hydrogen-bond acceptors (Lipinski definition) is 5. The van der Waals surface area contributed by atoms with E-state index in [0.717, 1.165) is 10.9 Å². The zero-order valence-corrected chi connectivity index (χ0v) is 16.1. The van der Waals surface area contributed by atoms with Gasteiger partial charge in [-0.2, -0.15) is 13.2 Å². The molecule has 2 amide bonds. The molecule has 0 aliphatic heterocycles. The van der Waals surface area contributed by atoms with Crippen LogP contribution in [0.25, 0.3) is 0 Å². The van der Waals surface area contributed by atoms with Gasteiger partial charge in [-0.25, -0.2) is 4.98 Å². The molecular weight excluding hydrogens is 438 g/mol. The average molecular weight is 450 g/mol. The van der Waals surface area contributed by atoms with Gasteiger partial charge in [-0.15, -0.1) is 0 Å². The highest BCUT2D eigenvalue weighted by Gasteiger charge is 2.57. The maximum absolute atomic E-state index is 12.7. The van der Waals surface area contributed by atoms with Gasteiger partial charge in [-0.05, 0) is 24.6 Å². The van der Waals surface area contributed by atoms with Crippen LogP contribution in [0, 0.1) is 5.92 Å². The summed E-state index contributed by atoms with van der Waals surface area (Å²) in [6.45, 7) is 0. The fraction of sp³-hybridized carbons (Fsp3) is 0.294. The monoisotopic (exact) mass is 449 g/mol. The van der Waals surface area contributed by atoms with E-state index < -0.39 is 41.4 Å². The number of Topliss-reactive ketones (excluding diaryl/α,β-unsaturated/α-hetero) is 1. The van der Waals surface area contributed by atoms with Crippen molar-refractivity contribution in [2.75, 3.05) is 7.11 Å². The minimum absolute atomic E-state index is 0.0346. The normalized spacial score (nSPS) is 18.3. The number of alkyl halides is 3. The Morgan fingerprint density at radius 3 is 2.55 bits per heavy atom. The maximum Gasteiger partial charge on any atom is 0.393 e. The van der Waals surface area contributed by atoms with Gasteiger partial charge in [-0.1, -0.05) is 23.2 Å². The number of ketones is 1. The number of imide groups is 1. The number of nitrogens with zero attached hydrogens (tertiary/aromatic N) is 2. The van der Waals surface area contributed by atoms with Gasteiger partial charge in [0.05, 0.1) is 29.9 Å². The summed E-state index contributed by atoms with van der Waals surface area (Å²) in [7, 11) is 1.35. The number of aromatic nitrogens is 2. The van der Waals surface area contributed by atoms with Crippen molar-refractivity contribution in [3.63, 3.8) is 0 Å². The van der Waals surface area contributed by atoms with E-state index in [0.29, 0.717) is 0 Å². The van der Waals surface area contributed by atoms with Gasteiger partial charge in [0.1, 0.15) is 10.9 Å². The first-order valence-electron chi connectivity index (χ1n) is 8.07. The molecule has 2 atom stereocenters. The van der Waals surface area contributed by atoms with Crippen molar-refractivity contribution in [1.29, 1.82) is 0 Å². The van der Waals surface area contributed by atoms with Crippen molar-refractivity contribution in [3.8, 4) is 5.75 Å². The smallest absolute Gasteiger partial charge is 0.393 e. The Kier molecular flexibility index (Phi) is 5.59. The molecule has 12 heteroatoms. The van der Waals surface area contributed by atoms with Crippen LogP contribution in [0.3, 0.4) is 0 Å². The van der Waals surface area contributed by atoms with Crippen molar-refractivity contribution in [1.82, 2.24) is 14.9 Å². The summed E-state index contributed by atoms with van der Waals surface area (Å²) in [5, 5.41) is 1.41. The molecule has 0 bridgehead atoms. The standard InChI is InChI=1S/C17H12Cl2F3N3O4/c1-29-7-2-3-10(18)8(4-7)13(26)16(28)24-15(27)12-14(19)25(6-23-12)11-5-9(11)17(20,21)22/h2-4,6,9,11H,5H2,1H3,(H,24,27,28). The van der Waals surface area contributed by atoms with Crippen LogP contribution in [0.4, 0.5) is 13.2 Å². The minimum Gasteiger partial charge on any atom is -0.497 e. The molecule has 1 aromatic carbocycles.